The zero-order valence-corrected chi connectivity index (χ0v) is 16.9. The Morgan fingerprint density at radius 1 is 0.867 bits per heavy atom. The second-order valence-electron chi connectivity index (χ2n) is 7.71. The fourth-order valence-corrected chi connectivity index (χ4v) is 4.73. The van der Waals surface area contributed by atoms with Gasteiger partial charge in [0.15, 0.2) is 5.78 Å². The SMILES string of the molecule is O=C1C[C@@H](c2ccccc2)CC2=C1[C@H](c1c(F)cccc1Cl)Nc1ccccc1N2. The number of nitrogens with one attached hydrogen (secondary N) is 2. The van der Waals surface area contributed by atoms with Crippen molar-refractivity contribution in [3.63, 3.8) is 0 Å². The van der Waals surface area contributed by atoms with Crippen LogP contribution in [0, 0.1) is 5.82 Å². The Balaban J connectivity index is 1.66. The van der Waals surface area contributed by atoms with Gasteiger partial charge in [0.05, 0.1) is 17.4 Å². The number of halogens is 2. The van der Waals surface area contributed by atoms with Crippen molar-refractivity contribution in [2.45, 2.75) is 24.8 Å². The van der Waals surface area contributed by atoms with Crippen LogP contribution in [0.1, 0.15) is 35.9 Å². The van der Waals surface area contributed by atoms with Crippen LogP contribution in [0.5, 0.6) is 0 Å². The number of carbonyl (C=O) groups excluding carboxylic acids is 1. The second-order valence-corrected chi connectivity index (χ2v) is 8.12. The number of allylic oxidation sites excluding steroid dienone is 1. The smallest absolute Gasteiger partial charge is 0.163 e. The minimum Gasteiger partial charge on any atom is -0.372 e. The molecule has 0 amide bonds. The van der Waals surface area contributed by atoms with E-state index in [1.165, 1.54) is 6.07 Å². The Bertz CT molecular complexity index is 1140. The van der Waals surface area contributed by atoms with E-state index in [0.717, 1.165) is 22.6 Å². The van der Waals surface area contributed by atoms with E-state index in [9.17, 15) is 9.18 Å². The molecule has 150 valence electrons. The quantitative estimate of drug-likeness (QED) is 0.501. The van der Waals surface area contributed by atoms with E-state index in [-0.39, 0.29) is 11.7 Å². The molecule has 0 unspecified atom stereocenters. The van der Waals surface area contributed by atoms with Crippen molar-refractivity contribution in [2.24, 2.45) is 0 Å². The molecule has 30 heavy (non-hydrogen) atoms. The highest BCUT2D eigenvalue weighted by molar-refractivity contribution is 6.31. The first-order chi connectivity index (χ1) is 14.6. The molecule has 2 atom stereocenters. The van der Waals surface area contributed by atoms with E-state index >= 15 is 0 Å². The molecule has 3 aromatic carbocycles. The molecule has 0 fully saturated rings. The lowest BCUT2D eigenvalue weighted by Gasteiger charge is -2.30. The number of fused-ring (bicyclic) bond motifs is 1. The highest BCUT2D eigenvalue weighted by Gasteiger charge is 2.37. The van der Waals surface area contributed by atoms with Crippen LogP contribution in [0.15, 0.2) is 84.1 Å². The van der Waals surface area contributed by atoms with Gasteiger partial charge >= 0.3 is 0 Å². The number of benzene rings is 3. The van der Waals surface area contributed by atoms with E-state index in [0.29, 0.717) is 29.0 Å². The highest BCUT2D eigenvalue weighted by Crippen LogP contribution is 2.45. The molecule has 0 saturated carbocycles. The van der Waals surface area contributed by atoms with Gasteiger partial charge in [-0.1, -0.05) is 60.1 Å². The standard InChI is InChI=1S/C25H20ClFN2O/c26-17-9-6-10-18(27)23(17)25-24-21(28-19-11-4-5-12-20(19)29-25)13-16(14-22(24)30)15-7-2-1-3-8-15/h1-12,16,25,28-29H,13-14H2/t16-,25-/m0/s1. The molecule has 5 rings (SSSR count). The Labute approximate surface area is 179 Å². The average Bonchev–Trinajstić information content (AvgIpc) is 2.91. The largest absolute Gasteiger partial charge is 0.372 e. The van der Waals surface area contributed by atoms with Gasteiger partial charge in [-0.25, -0.2) is 4.39 Å². The molecule has 0 bridgehead atoms. The topological polar surface area (TPSA) is 41.1 Å². The maximum atomic E-state index is 14.9. The Morgan fingerprint density at radius 3 is 2.37 bits per heavy atom. The third-order valence-corrected chi connectivity index (χ3v) is 6.20. The summed E-state index contributed by atoms with van der Waals surface area (Å²) in [6, 6.07) is 21.7. The number of rotatable bonds is 2. The van der Waals surface area contributed by atoms with Gasteiger partial charge in [-0.05, 0) is 42.2 Å². The summed E-state index contributed by atoms with van der Waals surface area (Å²) in [4.78, 5) is 13.4. The number of hydrogen-bond acceptors (Lipinski definition) is 3. The van der Waals surface area contributed by atoms with E-state index < -0.39 is 11.9 Å². The first-order valence-electron chi connectivity index (χ1n) is 9.99. The Morgan fingerprint density at radius 2 is 1.60 bits per heavy atom. The molecule has 5 heteroatoms. The number of ketones is 1. The second kappa shape index (κ2) is 7.62. The molecule has 3 nitrogen and oxygen atoms in total. The molecule has 2 N–H and O–H groups in total. The summed E-state index contributed by atoms with van der Waals surface area (Å²) in [6.45, 7) is 0. The van der Waals surface area contributed by atoms with E-state index in [1.54, 1.807) is 12.1 Å². The lowest BCUT2D eigenvalue weighted by atomic mass is 9.78. The molecule has 0 radical (unpaired) electrons. The van der Waals surface area contributed by atoms with Gasteiger partial charge in [0, 0.05) is 28.3 Å². The number of anilines is 2. The lowest BCUT2D eigenvalue weighted by Crippen LogP contribution is -2.27. The van der Waals surface area contributed by atoms with E-state index in [2.05, 4.69) is 22.8 Å². The van der Waals surface area contributed by atoms with Crippen LogP contribution in [0.4, 0.5) is 15.8 Å². The van der Waals surface area contributed by atoms with Crippen molar-refractivity contribution in [2.75, 3.05) is 10.6 Å². The monoisotopic (exact) mass is 418 g/mol. The molecule has 1 aliphatic carbocycles. The van der Waals surface area contributed by atoms with Gasteiger partial charge in [0.2, 0.25) is 0 Å². The van der Waals surface area contributed by atoms with Crippen molar-refractivity contribution >= 4 is 28.8 Å². The Kier molecular flexibility index (Phi) is 4.80. The summed E-state index contributed by atoms with van der Waals surface area (Å²) in [5, 5.41) is 7.14. The summed E-state index contributed by atoms with van der Waals surface area (Å²) in [5.41, 5.74) is 4.48. The minimum absolute atomic E-state index is 0.00206. The zero-order valence-electron chi connectivity index (χ0n) is 16.2. The van der Waals surface area contributed by atoms with Gasteiger partial charge in [-0.2, -0.15) is 0 Å². The number of Topliss-reactive ketones (excluding diaryl/α,β-unsaturated/α-hetero) is 1. The molecule has 1 heterocycles. The average molecular weight is 419 g/mol. The first kappa shape index (κ1) is 18.9. The fourth-order valence-electron chi connectivity index (χ4n) is 4.46. The van der Waals surface area contributed by atoms with Crippen LogP contribution in [0.3, 0.4) is 0 Å². The summed E-state index contributed by atoms with van der Waals surface area (Å²) in [6.07, 6.45) is 1.05. The molecule has 0 spiro atoms. The zero-order chi connectivity index (χ0) is 20.7. The Hall–Kier alpha value is -3.11. The summed E-state index contributed by atoms with van der Waals surface area (Å²) in [7, 11) is 0. The van der Waals surface area contributed by atoms with Gasteiger partial charge in [0.25, 0.3) is 0 Å². The van der Waals surface area contributed by atoms with Crippen LogP contribution in [-0.2, 0) is 4.79 Å². The predicted octanol–water partition coefficient (Wildman–Crippen LogP) is 6.46. The molecule has 0 aromatic heterocycles. The van der Waals surface area contributed by atoms with Crippen molar-refractivity contribution < 1.29 is 9.18 Å². The van der Waals surface area contributed by atoms with Gasteiger partial charge in [-0.3, -0.25) is 4.79 Å². The third kappa shape index (κ3) is 3.27. The summed E-state index contributed by atoms with van der Waals surface area (Å²) < 4.78 is 14.9. The molecule has 2 aliphatic rings. The molecule has 0 saturated heterocycles. The molecule has 1 aliphatic heterocycles. The van der Waals surface area contributed by atoms with Crippen LogP contribution in [0.2, 0.25) is 5.02 Å². The maximum absolute atomic E-state index is 14.9. The third-order valence-electron chi connectivity index (χ3n) is 5.87. The van der Waals surface area contributed by atoms with E-state index in [1.807, 2.05) is 42.5 Å². The van der Waals surface area contributed by atoms with Crippen molar-refractivity contribution in [3.8, 4) is 0 Å². The van der Waals surface area contributed by atoms with Crippen molar-refractivity contribution in [3.05, 3.63) is 106 Å². The maximum Gasteiger partial charge on any atom is 0.163 e. The van der Waals surface area contributed by atoms with Crippen LogP contribution < -0.4 is 10.6 Å². The minimum atomic E-state index is -0.658. The number of para-hydroxylation sites is 2. The predicted molar refractivity (Wildman–Crippen MR) is 118 cm³/mol. The van der Waals surface area contributed by atoms with Crippen molar-refractivity contribution in [1.82, 2.24) is 0 Å². The van der Waals surface area contributed by atoms with Crippen molar-refractivity contribution in [1.29, 1.82) is 0 Å². The lowest BCUT2D eigenvalue weighted by molar-refractivity contribution is -0.116. The fraction of sp³-hybridized carbons (Fsp3) is 0.160. The van der Waals surface area contributed by atoms with E-state index in [4.69, 9.17) is 11.6 Å². The van der Waals surface area contributed by atoms with Crippen LogP contribution >= 0.6 is 11.6 Å². The van der Waals surface area contributed by atoms with Crippen LogP contribution in [-0.4, -0.2) is 5.78 Å². The van der Waals surface area contributed by atoms with Gasteiger partial charge < -0.3 is 10.6 Å². The van der Waals surface area contributed by atoms with Crippen LogP contribution in [0.25, 0.3) is 0 Å². The highest BCUT2D eigenvalue weighted by atomic mass is 35.5. The summed E-state index contributed by atoms with van der Waals surface area (Å²) >= 11 is 6.41. The molecular weight excluding hydrogens is 399 g/mol. The summed E-state index contributed by atoms with van der Waals surface area (Å²) in [5.74, 6) is -0.349. The molecule has 3 aromatic rings. The molecular formula is C25H20ClFN2O. The number of carbonyl (C=O) groups is 1. The van der Waals surface area contributed by atoms with Gasteiger partial charge in [0.1, 0.15) is 5.82 Å². The number of hydrogen-bond donors (Lipinski definition) is 2. The van der Waals surface area contributed by atoms with Gasteiger partial charge in [-0.15, -0.1) is 0 Å². The normalized spacial score (nSPS) is 20.5. The first-order valence-corrected chi connectivity index (χ1v) is 10.4.